The van der Waals surface area contributed by atoms with Crippen LogP contribution in [0.4, 0.5) is 22.0 Å². The van der Waals surface area contributed by atoms with Crippen molar-refractivity contribution in [1.82, 2.24) is 14.5 Å². The van der Waals surface area contributed by atoms with Crippen LogP contribution < -0.4 is 4.74 Å². The number of imidazole rings is 1. The van der Waals surface area contributed by atoms with E-state index in [1.807, 2.05) is 4.57 Å². The summed E-state index contributed by atoms with van der Waals surface area (Å²) >= 11 is 0. The van der Waals surface area contributed by atoms with Gasteiger partial charge in [0.15, 0.2) is 17.5 Å². The number of halogens is 5. The number of alkyl halides is 3. The molecule has 0 saturated heterocycles. The number of pyridine rings is 1. The number of benzene rings is 3. The molecule has 0 unspecified atom stereocenters. The van der Waals surface area contributed by atoms with Crippen LogP contribution in [0.15, 0.2) is 79.1 Å². The van der Waals surface area contributed by atoms with Gasteiger partial charge in [-0.2, -0.15) is 13.2 Å². The zero-order valence-corrected chi connectivity index (χ0v) is 20.7. The van der Waals surface area contributed by atoms with Crippen molar-refractivity contribution in [2.75, 3.05) is 20.3 Å². The summed E-state index contributed by atoms with van der Waals surface area (Å²) in [4.78, 5) is 8.64. The molecule has 0 N–H and O–H groups in total. The zero-order chi connectivity index (χ0) is 27.6. The van der Waals surface area contributed by atoms with Gasteiger partial charge in [-0.1, -0.05) is 36.4 Å². The van der Waals surface area contributed by atoms with Gasteiger partial charge < -0.3 is 14.0 Å². The Kier molecular flexibility index (Phi) is 7.30. The molecular formula is C29H22F5N3O2. The normalized spacial score (nSPS) is 11.7. The lowest BCUT2D eigenvalue weighted by atomic mass is 9.98. The van der Waals surface area contributed by atoms with E-state index in [1.165, 1.54) is 31.4 Å². The van der Waals surface area contributed by atoms with Crippen molar-refractivity contribution in [2.24, 2.45) is 0 Å². The van der Waals surface area contributed by atoms with E-state index in [0.717, 1.165) is 17.7 Å². The summed E-state index contributed by atoms with van der Waals surface area (Å²) in [5.74, 6) is -1.79. The maximum Gasteiger partial charge on any atom is 0.417 e. The van der Waals surface area contributed by atoms with Crippen LogP contribution in [-0.4, -0.2) is 34.9 Å². The molecule has 0 fully saturated rings. The Labute approximate surface area is 220 Å². The van der Waals surface area contributed by atoms with Crippen LogP contribution in [0.25, 0.3) is 33.9 Å². The fraction of sp³-hybridized carbons (Fsp3) is 0.172. The highest BCUT2D eigenvalue weighted by atomic mass is 19.4. The molecule has 3 aromatic rings. The molecule has 0 atom stereocenters. The van der Waals surface area contributed by atoms with Gasteiger partial charge in [0.2, 0.25) is 0 Å². The summed E-state index contributed by atoms with van der Waals surface area (Å²) in [5, 5.41) is 0. The average molecular weight is 540 g/mol. The molecule has 10 heteroatoms. The summed E-state index contributed by atoms with van der Waals surface area (Å²) in [6.07, 6.45) is -1.07. The predicted molar refractivity (Wildman–Crippen MR) is 135 cm³/mol. The van der Waals surface area contributed by atoms with Crippen LogP contribution in [0.5, 0.6) is 5.75 Å². The summed E-state index contributed by atoms with van der Waals surface area (Å²) in [7, 11) is 1.48. The van der Waals surface area contributed by atoms with Crippen molar-refractivity contribution in [3.63, 3.8) is 0 Å². The van der Waals surface area contributed by atoms with Crippen LogP contribution >= 0.6 is 0 Å². The first kappa shape index (κ1) is 26.3. The summed E-state index contributed by atoms with van der Waals surface area (Å²) in [6.45, 7) is 0.816. The van der Waals surface area contributed by atoms with E-state index in [9.17, 15) is 22.0 Å². The van der Waals surface area contributed by atoms with Gasteiger partial charge in [-0.05, 0) is 47.0 Å². The monoisotopic (exact) mass is 539 g/mol. The Hall–Kier alpha value is -4.31. The SMILES string of the molecule is COCCOc1ccc(-c2ccc(Cn3ccc4nc(-c5cccc(F)c5F)nc-4c3)cc2)c(C(F)(F)F)c1. The topological polar surface area (TPSA) is 49.2 Å². The van der Waals surface area contributed by atoms with Gasteiger partial charge in [0, 0.05) is 26.0 Å². The maximum absolute atomic E-state index is 14.2. The Morgan fingerprint density at radius 2 is 1.62 bits per heavy atom. The van der Waals surface area contributed by atoms with Crippen molar-refractivity contribution in [3.05, 3.63) is 102 Å². The third-order valence-corrected chi connectivity index (χ3v) is 6.10. The molecule has 0 spiro atoms. The average Bonchev–Trinajstić information content (AvgIpc) is 3.33. The van der Waals surface area contributed by atoms with Crippen molar-refractivity contribution in [3.8, 4) is 39.7 Å². The molecule has 2 aliphatic heterocycles. The molecular weight excluding hydrogens is 517 g/mol. The minimum Gasteiger partial charge on any atom is -0.491 e. The molecule has 0 amide bonds. The number of ether oxygens (including phenoxy) is 2. The van der Waals surface area contributed by atoms with Crippen LogP contribution in [0.3, 0.4) is 0 Å². The van der Waals surface area contributed by atoms with E-state index < -0.39 is 23.4 Å². The largest absolute Gasteiger partial charge is 0.491 e. The number of fused-ring (bicyclic) bond motifs is 1. The first-order chi connectivity index (χ1) is 18.7. The third kappa shape index (κ3) is 5.75. The molecule has 0 aromatic heterocycles. The molecule has 0 saturated carbocycles. The van der Waals surface area contributed by atoms with E-state index >= 15 is 0 Å². The highest BCUT2D eigenvalue weighted by Gasteiger charge is 2.34. The van der Waals surface area contributed by atoms with Gasteiger partial charge in [0.1, 0.15) is 18.1 Å². The Bertz CT molecular complexity index is 1560. The minimum atomic E-state index is -4.56. The molecule has 5 nitrogen and oxygen atoms in total. The van der Waals surface area contributed by atoms with Crippen molar-refractivity contribution >= 4 is 0 Å². The Morgan fingerprint density at radius 3 is 2.36 bits per heavy atom. The van der Waals surface area contributed by atoms with Crippen LogP contribution in [0.1, 0.15) is 11.1 Å². The molecule has 200 valence electrons. The number of hydrogen-bond acceptors (Lipinski definition) is 4. The predicted octanol–water partition coefficient (Wildman–Crippen LogP) is 7.09. The van der Waals surface area contributed by atoms with Crippen LogP contribution in [-0.2, 0) is 17.5 Å². The van der Waals surface area contributed by atoms with Gasteiger partial charge in [-0.3, -0.25) is 0 Å². The first-order valence-electron chi connectivity index (χ1n) is 11.9. The summed E-state index contributed by atoms with van der Waals surface area (Å²) < 4.78 is 81.3. The van der Waals surface area contributed by atoms with E-state index in [-0.39, 0.29) is 35.9 Å². The fourth-order valence-corrected chi connectivity index (χ4v) is 4.19. The minimum absolute atomic E-state index is 0.0267. The highest BCUT2D eigenvalue weighted by molar-refractivity contribution is 5.70. The molecule has 5 rings (SSSR count). The van der Waals surface area contributed by atoms with Crippen LogP contribution in [0.2, 0.25) is 0 Å². The summed E-state index contributed by atoms with van der Waals surface area (Å²) in [6, 6.07) is 16.2. The quantitative estimate of drug-likeness (QED) is 0.156. The van der Waals surface area contributed by atoms with Gasteiger partial charge in [-0.15, -0.1) is 0 Å². The number of aromatic nitrogens is 3. The van der Waals surface area contributed by atoms with Gasteiger partial charge in [0.05, 0.1) is 23.4 Å². The standard InChI is InChI=1S/C29H22F5N3O2/c1-38-13-14-39-20-9-10-21(23(15-20)29(32,33)34)19-7-5-18(6-8-19)16-37-12-11-25-26(17-37)36-28(35-25)22-3-2-4-24(30)27(22)31/h2-12,15,17H,13-14,16H2,1H3. The molecule has 39 heavy (non-hydrogen) atoms. The van der Waals surface area contributed by atoms with Crippen molar-refractivity contribution in [2.45, 2.75) is 12.7 Å². The molecule has 2 aliphatic rings. The molecule has 0 bridgehead atoms. The van der Waals surface area contributed by atoms with Crippen molar-refractivity contribution < 1.29 is 31.4 Å². The van der Waals surface area contributed by atoms with E-state index in [1.54, 1.807) is 42.7 Å². The molecule has 2 heterocycles. The lowest BCUT2D eigenvalue weighted by molar-refractivity contribution is -0.137. The second-order valence-electron chi connectivity index (χ2n) is 8.78. The number of hydrogen-bond donors (Lipinski definition) is 0. The second-order valence-corrected chi connectivity index (χ2v) is 8.78. The molecule has 0 radical (unpaired) electrons. The lowest BCUT2D eigenvalue weighted by Crippen LogP contribution is -2.09. The molecule has 0 aliphatic carbocycles. The fourth-order valence-electron chi connectivity index (χ4n) is 4.19. The lowest BCUT2D eigenvalue weighted by Gasteiger charge is -2.16. The highest BCUT2D eigenvalue weighted by Crippen LogP contribution is 2.39. The maximum atomic E-state index is 14.2. The van der Waals surface area contributed by atoms with Crippen molar-refractivity contribution in [1.29, 1.82) is 0 Å². The Balaban J connectivity index is 1.37. The van der Waals surface area contributed by atoms with E-state index in [2.05, 4.69) is 9.97 Å². The Morgan fingerprint density at radius 1 is 0.846 bits per heavy atom. The summed E-state index contributed by atoms with van der Waals surface area (Å²) in [5.41, 5.74) is 1.51. The smallest absolute Gasteiger partial charge is 0.417 e. The number of nitrogens with zero attached hydrogens (tertiary/aromatic N) is 3. The third-order valence-electron chi connectivity index (χ3n) is 6.10. The zero-order valence-electron chi connectivity index (χ0n) is 20.7. The first-order valence-corrected chi connectivity index (χ1v) is 11.9. The number of methoxy groups -OCH3 is 1. The van der Waals surface area contributed by atoms with E-state index in [4.69, 9.17) is 9.47 Å². The van der Waals surface area contributed by atoms with Gasteiger partial charge in [-0.25, -0.2) is 18.7 Å². The van der Waals surface area contributed by atoms with Crippen LogP contribution in [0, 0.1) is 11.6 Å². The molecule has 3 aromatic carbocycles. The second kappa shape index (κ2) is 10.8. The van der Waals surface area contributed by atoms with Gasteiger partial charge in [0.25, 0.3) is 0 Å². The number of rotatable bonds is 8. The van der Waals surface area contributed by atoms with Gasteiger partial charge >= 0.3 is 6.18 Å². The van der Waals surface area contributed by atoms with E-state index in [0.29, 0.717) is 23.5 Å².